The normalized spacial score (nSPS) is 15.2. The van der Waals surface area contributed by atoms with Crippen molar-refractivity contribution in [3.63, 3.8) is 0 Å². The summed E-state index contributed by atoms with van der Waals surface area (Å²) in [5, 5.41) is 15.9. The smallest absolute Gasteiger partial charge is 0.439 e. The maximum Gasteiger partial charge on any atom is 0.439 e. The van der Waals surface area contributed by atoms with Gasteiger partial charge in [0.2, 0.25) is 0 Å². The van der Waals surface area contributed by atoms with Gasteiger partial charge in [0.1, 0.15) is 11.4 Å². The zero-order chi connectivity index (χ0) is 21.7. The summed E-state index contributed by atoms with van der Waals surface area (Å²) in [6.45, 7) is 0. The Morgan fingerprint density at radius 2 is 2.10 bits per heavy atom. The van der Waals surface area contributed by atoms with Crippen molar-refractivity contribution in [2.75, 3.05) is 0 Å². The Hall–Kier alpha value is -4.48. The average molecular weight is 422 g/mol. The number of aromatic nitrogens is 5. The number of amides is 1. The van der Waals surface area contributed by atoms with Gasteiger partial charge in [0.25, 0.3) is 5.91 Å². The Bertz CT molecular complexity index is 1480. The van der Waals surface area contributed by atoms with Crippen molar-refractivity contribution in [1.29, 1.82) is 0 Å². The van der Waals surface area contributed by atoms with E-state index in [1.54, 1.807) is 6.07 Å². The third kappa shape index (κ3) is 3.10. The number of rotatable bonds is 4. The Balaban J connectivity index is 1.43. The van der Waals surface area contributed by atoms with E-state index in [1.165, 1.54) is 6.20 Å². The zero-order valence-corrected chi connectivity index (χ0v) is 15.7. The highest BCUT2D eigenvalue weighted by molar-refractivity contribution is 5.96. The number of carboxylic acid groups (broad SMARTS) is 1. The molecule has 0 bridgehead atoms. The molecule has 4 N–H and O–H groups in total. The van der Waals surface area contributed by atoms with E-state index in [-0.39, 0.29) is 23.1 Å². The van der Waals surface area contributed by atoms with Crippen molar-refractivity contribution in [3.8, 4) is 11.4 Å². The standard InChI is InChI=1S/C19H14N6O6/c26-16(12-6-13(17(27)28)25-14(21-12)7-20-18(25)29)22-11-4-2-8-5-9(1-3-10(8)11)15-23-19(30)31-24-15/h1,3,5-7,11H,2,4H2,(H,20,29)(H,22,26)(H,27,28)(H,23,24,30)/t11-/m0/s1. The van der Waals surface area contributed by atoms with E-state index in [2.05, 4.69) is 29.9 Å². The zero-order valence-electron chi connectivity index (χ0n) is 15.7. The fraction of sp³-hybridized carbons (Fsp3) is 0.158. The number of imidazole rings is 1. The molecule has 0 aliphatic heterocycles. The lowest BCUT2D eigenvalue weighted by Gasteiger charge is -2.14. The third-order valence-corrected chi connectivity index (χ3v) is 5.20. The maximum absolute atomic E-state index is 12.8. The molecule has 31 heavy (non-hydrogen) atoms. The van der Waals surface area contributed by atoms with Gasteiger partial charge in [-0.1, -0.05) is 17.3 Å². The first-order chi connectivity index (χ1) is 14.9. The number of carbonyl (C=O) groups excluding carboxylic acids is 1. The van der Waals surface area contributed by atoms with Crippen LogP contribution < -0.4 is 16.8 Å². The number of carbonyl (C=O) groups is 2. The number of nitrogens with one attached hydrogen (secondary N) is 3. The van der Waals surface area contributed by atoms with Gasteiger partial charge in [0.05, 0.1) is 6.04 Å². The highest BCUT2D eigenvalue weighted by atomic mass is 16.5. The van der Waals surface area contributed by atoms with E-state index in [0.717, 1.165) is 21.6 Å². The summed E-state index contributed by atoms with van der Waals surface area (Å²) in [6.07, 6.45) is 2.57. The van der Waals surface area contributed by atoms with E-state index in [9.17, 15) is 24.3 Å². The Morgan fingerprint density at radius 1 is 1.26 bits per heavy atom. The highest BCUT2D eigenvalue weighted by Crippen LogP contribution is 2.33. The number of carboxylic acids is 1. The molecule has 1 aliphatic carbocycles. The second-order valence-electron chi connectivity index (χ2n) is 7.04. The molecule has 0 unspecified atom stereocenters. The molecule has 1 aromatic carbocycles. The largest absolute Gasteiger partial charge is 0.477 e. The fourth-order valence-electron chi connectivity index (χ4n) is 3.80. The quantitative estimate of drug-likeness (QED) is 0.367. The van der Waals surface area contributed by atoms with Crippen LogP contribution in [0.4, 0.5) is 0 Å². The van der Waals surface area contributed by atoms with Crippen LogP contribution in [-0.2, 0) is 6.42 Å². The van der Waals surface area contributed by atoms with Gasteiger partial charge in [0, 0.05) is 17.8 Å². The second-order valence-corrected chi connectivity index (χ2v) is 7.04. The first kappa shape index (κ1) is 18.5. The lowest BCUT2D eigenvalue weighted by molar-refractivity contribution is 0.0688. The van der Waals surface area contributed by atoms with Crippen molar-refractivity contribution >= 4 is 17.5 Å². The molecule has 3 aromatic heterocycles. The molecule has 0 fully saturated rings. The summed E-state index contributed by atoms with van der Waals surface area (Å²) < 4.78 is 5.42. The van der Waals surface area contributed by atoms with Crippen LogP contribution in [0.15, 0.2) is 44.6 Å². The van der Waals surface area contributed by atoms with Crippen molar-refractivity contribution in [3.05, 3.63) is 74.0 Å². The maximum atomic E-state index is 12.8. The number of hydrogen-bond acceptors (Lipinski definition) is 7. The first-order valence-corrected chi connectivity index (χ1v) is 9.25. The van der Waals surface area contributed by atoms with Crippen molar-refractivity contribution in [2.24, 2.45) is 0 Å². The van der Waals surface area contributed by atoms with Gasteiger partial charge in [-0.15, -0.1) is 0 Å². The minimum atomic E-state index is -1.35. The van der Waals surface area contributed by atoms with Gasteiger partial charge in [0.15, 0.2) is 11.5 Å². The fourth-order valence-corrected chi connectivity index (χ4v) is 3.80. The molecule has 1 atom stereocenters. The Morgan fingerprint density at radius 3 is 2.84 bits per heavy atom. The van der Waals surface area contributed by atoms with Crippen LogP contribution in [0.3, 0.4) is 0 Å². The molecule has 0 radical (unpaired) electrons. The van der Waals surface area contributed by atoms with Gasteiger partial charge < -0.3 is 15.4 Å². The minimum absolute atomic E-state index is 0.0353. The number of benzene rings is 1. The van der Waals surface area contributed by atoms with Gasteiger partial charge >= 0.3 is 17.4 Å². The summed E-state index contributed by atoms with van der Waals surface area (Å²) in [7, 11) is 0. The molecule has 156 valence electrons. The lowest BCUT2D eigenvalue weighted by Crippen LogP contribution is -2.29. The number of hydrogen-bond donors (Lipinski definition) is 4. The molecule has 4 aromatic rings. The topological polar surface area (TPSA) is 175 Å². The molecular formula is C19H14N6O6. The predicted molar refractivity (Wildman–Crippen MR) is 104 cm³/mol. The van der Waals surface area contributed by atoms with Crippen LogP contribution in [0, 0.1) is 0 Å². The second kappa shape index (κ2) is 6.79. The summed E-state index contributed by atoms with van der Waals surface area (Å²) in [4.78, 5) is 56.2. The van der Waals surface area contributed by atoms with Crippen LogP contribution in [0.5, 0.6) is 0 Å². The molecular weight excluding hydrogens is 408 g/mol. The Labute approximate surface area is 171 Å². The van der Waals surface area contributed by atoms with Crippen molar-refractivity contribution in [1.82, 2.24) is 29.8 Å². The summed E-state index contributed by atoms with van der Waals surface area (Å²) >= 11 is 0. The van der Waals surface area contributed by atoms with E-state index >= 15 is 0 Å². The highest BCUT2D eigenvalue weighted by Gasteiger charge is 2.26. The number of H-pyrrole nitrogens is 2. The summed E-state index contributed by atoms with van der Waals surface area (Å²) in [5.74, 6) is -2.23. The lowest BCUT2D eigenvalue weighted by atomic mass is 10.0. The number of nitrogens with zero attached hydrogens (tertiary/aromatic N) is 3. The average Bonchev–Trinajstić information content (AvgIpc) is 3.46. The molecule has 5 rings (SSSR count). The number of fused-ring (bicyclic) bond motifs is 2. The predicted octanol–water partition coefficient (Wildman–Crippen LogP) is 0.481. The van der Waals surface area contributed by atoms with E-state index < -0.39 is 23.3 Å². The van der Waals surface area contributed by atoms with E-state index in [0.29, 0.717) is 24.2 Å². The SMILES string of the molecule is O=C(N[C@H]1CCc2cc(-c3noc(=O)[nH]3)ccc21)c1cc(C(=O)O)n2c(=O)[nH]cc2n1. The molecule has 0 spiro atoms. The van der Waals surface area contributed by atoms with Crippen LogP contribution in [0.2, 0.25) is 0 Å². The number of aromatic amines is 2. The van der Waals surface area contributed by atoms with E-state index in [4.69, 9.17) is 0 Å². The van der Waals surface area contributed by atoms with Gasteiger partial charge in [-0.05, 0) is 30.0 Å². The van der Waals surface area contributed by atoms with Gasteiger partial charge in [-0.2, -0.15) is 0 Å². The Kier molecular flexibility index (Phi) is 4.06. The molecule has 12 heteroatoms. The van der Waals surface area contributed by atoms with Crippen molar-refractivity contribution in [2.45, 2.75) is 18.9 Å². The monoisotopic (exact) mass is 422 g/mol. The molecule has 1 aliphatic rings. The molecule has 0 saturated heterocycles. The van der Waals surface area contributed by atoms with Crippen LogP contribution >= 0.6 is 0 Å². The molecule has 1 amide bonds. The number of aryl methyl sites for hydroxylation is 1. The van der Waals surface area contributed by atoms with Crippen LogP contribution in [0.25, 0.3) is 17.0 Å². The van der Waals surface area contributed by atoms with E-state index in [1.807, 2.05) is 12.1 Å². The number of aromatic carboxylic acids is 1. The van der Waals surface area contributed by atoms with Crippen LogP contribution in [-0.4, -0.2) is 41.5 Å². The van der Waals surface area contributed by atoms with Gasteiger partial charge in [-0.3, -0.25) is 14.3 Å². The first-order valence-electron chi connectivity index (χ1n) is 9.25. The molecule has 0 saturated carbocycles. The summed E-state index contributed by atoms with van der Waals surface area (Å²) in [6, 6.07) is 6.23. The molecule has 3 heterocycles. The summed E-state index contributed by atoms with van der Waals surface area (Å²) in [5.41, 5.74) is 1.49. The minimum Gasteiger partial charge on any atom is -0.477 e. The van der Waals surface area contributed by atoms with Crippen LogP contribution in [0.1, 0.15) is 44.6 Å². The van der Waals surface area contributed by atoms with Crippen molar-refractivity contribution < 1.29 is 19.2 Å². The van der Waals surface area contributed by atoms with Gasteiger partial charge in [-0.25, -0.2) is 23.8 Å². The third-order valence-electron chi connectivity index (χ3n) is 5.20. The molecule has 12 nitrogen and oxygen atoms in total.